The summed E-state index contributed by atoms with van der Waals surface area (Å²) in [5, 5.41) is 6.82. The molecule has 0 saturated heterocycles. The zero-order valence-corrected chi connectivity index (χ0v) is 21.6. The van der Waals surface area contributed by atoms with Crippen molar-refractivity contribution in [3.05, 3.63) is 94.3 Å². The molecule has 184 valence electrons. The van der Waals surface area contributed by atoms with E-state index < -0.39 is 5.91 Å². The highest BCUT2D eigenvalue weighted by atomic mass is 35.5. The third-order valence-corrected chi connectivity index (χ3v) is 6.10. The Morgan fingerprint density at radius 2 is 1.92 bits per heavy atom. The lowest BCUT2D eigenvalue weighted by atomic mass is 10.1. The molecule has 5 rings (SSSR count). The molecule has 0 aliphatic carbocycles. The maximum atomic E-state index is 12.4. The van der Waals surface area contributed by atoms with Crippen molar-refractivity contribution in [1.82, 2.24) is 15.3 Å². The van der Waals surface area contributed by atoms with Crippen molar-refractivity contribution in [3.8, 4) is 22.8 Å². The van der Waals surface area contributed by atoms with E-state index in [0.717, 1.165) is 16.8 Å². The van der Waals surface area contributed by atoms with Gasteiger partial charge in [0.05, 0.1) is 5.02 Å². The van der Waals surface area contributed by atoms with E-state index in [4.69, 9.17) is 44.3 Å². The van der Waals surface area contributed by atoms with Gasteiger partial charge in [-0.05, 0) is 91.4 Å². The molecule has 37 heavy (non-hydrogen) atoms. The Bertz CT molecular complexity index is 1640. The van der Waals surface area contributed by atoms with Crippen LogP contribution < -0.4 is 10.6 Å². The van der Waals surface area contributed by atoms with Crippen LogP contribution in [0.5, 0.6) is 0 Å². The van der Waals surface area contributed by atoms with Gasteiger partial charge >= 0.3 is 0 Å². The van der Waals surface area contributed by atoms with Gasteiger partial charge in [-0.15, -0.1) is 0 Å². The van der Waals surface area contributed by atoms with E-state index in [2.05, 4.69) is 20.6 Å². The first-order valence-corrected chi connectivity index (χ1v) is 12.2. The fourth-order valence-corrected chi connectivity index (χ4v) is 4.28. The number of rotatable bonds is 5. The van der Waals surface area contributed by atoms with Gasteiger partial charge in [-0.2, -0.15) is 4.98 Å². The predicted molar refractivity (Wildman–Crippen MR) is 150 cm³/mol. The normalized spacial score (nSPS) is 11.2. The number of carbonyl (C=O) groups excluding carboxylic acids is 1. The molecule has 0 unspecified atom stereocenters. The summed E-state index contributed by atoms with van der Waals surface area (Å²) >= 11 is 17.5. The minimum absolute atomic E-state index is 0.157. The molecular formula is C27H18Cl2N4O3S. The summed E-state index contributed by atoms with van der Waals surface area (Å²) in [6.07, 6.45) is 4.54. The highest BCUT2D eigenvalue weighted by Crippen LogP contribution is 2.32. The van der Waals surface area contributed by atoms with Crippen LogP contribution in [0.25, 0.3) is 40.1 Å². The monoisotopic (exact) mass is 548 g/mol. The third-order valence-electron chi connectivity index (χ3n) is 5.35. The van der Waals surface area contributed by atoms with Gasteiger partial charge in [0.2, 0.25) is 11.8 Å². The minimum atomic E-state index is -0.409. The lowest BCUT2D eigenvalue weighted by molar-refractivity contribution is -0.115. The number of aryl methyl sites for hydroxylation is 1. The Morgan fingerprint density at radius 3 is 2.70 bits per heavy atom. The van der Waals surface area contributed by atoms with Crippen LogP contribution in [-0.2, 0) is 4.79 Å². The molecule has 0 atom stereocenters. The number of nitrogens with one attached hydrogen (secondary N) is 2. The molecule has 0 aliphatic rings. The van der Waals surface area contributed by atoms with E-state index in [1.54, 1.807) is 48.7 Å². The number of nitrogens with zero attached hydrogens (tertiary/aromatic N) is 2. The summed E-state index contributed by atoms with van der Waals surface area (Å²) in [5.41, 5.74) is 4.31. The molecule has 5 aromatic rings. The number of hydrogen-bond acceptors (Lipinski definition) is 6. The number of furan rings is 1. The quantitative estimate of drug-likeness (QED) is 0.176. The Hall–Kier alpha value is -3.98. The molecule has 0 bridgehead atoms. The summed E-state index contributed by atoms with van der Waals surface area (Å²) < 4.78 is 11.5. The first-order chi connectivity index (χ1) is 17.9. The van der Waals surface area contributed by atoms with Crippen molar-refractivity contribution in [1.29, 1.82) is 0 Å². The molecule has 2 aromatic carbocycles. The van der Waals surface area contributed by atoms with Gasteiger partial charge in [-0.3, -0.25) is 10.1 Å². The van der Waals surface area contributed by atoms with Gasteiger partial charge in [-0.25, -0.2) is 4.98 Å². The number of aromatic nitrogens is 2. The van der Waals surface area contributed by atoms with Crippen molar-refractivity contribution in [2.45, 2.75) is 6.92 Å². The maximum Gasteiger partial charge on any atom is 0.250 e. The van der Waals surface area contributed by atoms with Crippen molar-refractivity contribution in [2.24, 2.45) is 0 Å². The number of halogens is 2. The Morgan fingerprint density at radius 1 is 1.05 bits per heavy atom. The SMILES string of the molecule is Cc1cc(-c2nc3ncccc3o2)ccc1NC(=S)NC(=O)/C=C/c1ccc(-c2ccc(Cl)cc2Cl)o1. The second kappa shape index (κ2) is 10.6. The average molecular weight is 549 g/mol. The molecule has 10 heteroatoms. The average Bonchev–Trinajstić information content (AvgIpc) is 3.51. The Labute approximate surface area is 227 Å². The molecule has 0 radical (unpaired) electrons. The van der Waals surface area contributed by atoms with E-state index in [-0.39, 0.29) is 5.11 Å². The summed E-state index contributed by atoms with van der Waals surface area (Å²) in [6, 6.07) is 17.9. The molecule has 0 aliphatic heterocycles. The number of amides is 1. The first kappa shape index (κ1) is 24.7. The standard InChI is InChI=1S/C27H18Cl2N4O3S/c1-15-13-16(26-33-25-23(36-26)3-2-12-30-25)4-9-21(15)31-27(37)32-24(34)11-7-18-6-10-22(35-18)19-8-5-17(28)14-20(19)29/h2-14H,1H3,(H2,31,32,34,37)/b11-7+. The topological polar surface area (TPSA) is 93.2 Å². The summed E-state index contributed by atoms with van der Waals surface area (Å²) in [7, 11) is 0. The number of benzene rings is 2. The van der Waals surface area contributed by atoms with E-state index >= 15 is 0 Å². The first-order valence-electron chi connectivity index (χ1n) is 11.0. The Balaban J connectivity index is 1.20. The maximum absolute atomic E-state index is 12.4. The van der Waals surface area contributed by atoms with Gasteiger partial charge in [0.25, 0.3) is 0 Å². The van der Waals surface area contributed by atoms with Crippen LogP contribution >= 0.6 is 35.4 Å². The van der Waals surface area contributed by atoms with E-state index in [9.17, 15) is 4.79 Å². The summed E-state index contributed by atoms with van der Waals surface area (Å²) in [6.45, 7) is 1.92. The molecule has 3 heterocycles. The highest BCUT2D eigenvalue weighted by Gasteiger charge is 2.12. The molecule has 3 aromatic heterocycles. The lowest BCUT2D eigenvalue weighted by Crippen LogP contribution is -2.33. The number of fused-ring (bicyclic) bond motifs is 1. The van der Waals surface area contributed by atoms with Gasteiger partial charge in [-0.1, -0.05) is 23.2 Å². The van der Waals surface area contributed by atoms with Gasteiger partial charge in [0.15, 0.2) is 16.3 Å². The van der Waals surface area contributed by atoms with Crippen LogP contribution in [0.3, 0.4) is 0 Å². The van der Waals surface area contributed by atoms with E-state index in [1.807, 2.05) is 31.2 Å². The fraction of sp³-hybridized carbons (Fsp3) is 0.0370. The molecule has 7 nitrogen and oxygen atoms in total. The second-order valence-electron chi connectivity index (χ2n) is 7.98. The van der Waals surface area contributed by atoms with Crippen LogP contribution in [0.2, 0.25) is 10.0 Å². The fourth-order valence-electron chi connectivity index (χ4n) is 3.57. The number of hydrogen-bond donors (Lipinski definition) is 2. The highest BCUT2D eigenvalue weighted by molar-refractivity contribution is 7.80. The molecule has 1 amide bonds. The minimum Gasteiger partial charge on any atom is -0.457 e. The lowest BCUT2D eigenvalue weighted by Gasteiger charge is -2.11. The molecular weight excluding hydrogens is 531 g/mol. The molecule has 0 fully saturated rings. The van der Waals surface area contributed by atoms with E-state index in [0.29, 0.717) is 44.3 Å². The summed E-state index contributed by atoms with van der Waals surface area (Å²) in [4.78, 5) is 21.0. The van der Waals surface area contributed by atoms with Gasteiger partial charge in [0, 0.05) is 34.1 Å². The number of anilines is 1. The zero-order chi connectivity index (χ0) is 25.9. The second-order valence-corrected chi connectivity index (χ2v) is 9.23. The van der Waals surface area contributed by atoms with Crippen LogP contribution in [-0.4, -0.2) is 21.0 Å². The Kier molecular flexibility index (Phi) is 7.05. The molecule has 2 N–H and O–H groups in total. The van der Waals surface area contributed by atoms with Crippen molar-refractivity contribution in [2.75, 3.05) is 5.32 Å². The number of oxazole rings is 1. The van der Waals surface area contributed by atoms with E-state index in [1.165, 1.54) is 6.08 Å². The van der Waals surface area contributed by atoms with Gasteiger partial charge in [0.1, 0.15) is 11.5 Å². The summed E-state index contributed by atoms with van der Waals surface area (Å²) in [5.74, 6) is 1.11. The zero-order valence-electron chi connectivity index (χ0n) is 19.3. The largest absolute Gasteiger partial charge is 0.457 e. The van der Waals surface area contributed by atoms with Crippen LogP contribution in [0, 0.1) is 6.92 Å². The number of pyridine rings is 1. The van der Waals surface area contributed by atoms with Crippen LogP contribution in [0.15, 0.2) is 81.8 Å². The smallest absolute Gasteiger partial charge is 0.250 e. The van der Waals surface area contributed by atoms with Gasteiger partial charge < -0.3 is 14.2 Å². The van der Waals surface area contributed by atoms with Crippen LogP contribution in [0.1, 0.15) is 11.3 Å². The molecule has 0 spiro atoms. The van der Waals surface area contributed by atoms with Crippen LogP contribution in [0.4, 0.5) is 5.69 Å². The van der Waals surface area contributed by atoms with Crippen molar-refractivity contribution >= 4 is 69.4 Å². The molecule has 0 saturated carbocycles. The van der Waals surface area contributed by atoms with Crippen molar-refractivity contribution in [3.63, 3.8) is 0 Å². The van der Waals surface area contributed by atoms with Crippen molar-refractivity contribution < 1.29 is 13.6 Å². The number of thiocarbonyl (C=S) groups is 1. The third kappa shape index (κ3) is 5.72. The predicted octanol–water partition coefficient (Wildman–Crippen LogP) is 7.29. The number of carbonyl (C=O) groups is 1.